The third-order valence-corrected chi connectivity index (χ3v) is 4.61. The molecule has 0 aromatic rings. The van der Waals surface area contributed by atoms with Crippen molar-refractivity contribution in [3.8, 4) is 0 Å². The van der Waals surface area contributed by atoms with Crippen molar-refractivity contribution in [1.82, 2.24) is 10.6 Å². The van der Waals surface area contributed by atoms with E-state index in [9.17, 15) is 9.59 Å². The Morgan fingerprint density at radius 1 is 0.917 bits per heavy atom. The fourth-order valence-electron chi connectivity index (χ4n) is 2.33. The minimum Gasteiger partial charge on any atom is -0.369 e. The smallest absolute Gasteiger partial charge is 0.227 e. The van der Waals surface area contributed by atoms with E-state index in [1.54, 1.807) is 0 Å². The number of nitrogens with two attached hydrogens (primary N) is 3. The second kappa shape index (κ2) is 17.0. The van der Waals surface area contributed by atoms with E-state index in [2.05, 4.69) is 10.6 Å². The van der Waals surface area contributed by atoms with Gasteiger partial charge in [-0.2, -0.15) is 11.8 Å². The average Bonchev–Trinajstić information content (AvgIpc) is 2.55. The first-order chi connectivity index (χ1) is 11.6. The van der Waals surface area contributed by atoms with E-state index < -0.39 is 0 Å². The van der Waals surface area contributed by atoms with Crippen LogP contribution in [0.25, 0.3) is 0 Å². The van der Waals surface area contributed by atoms with Gasteiger partial charge in [-0.25, -0.2) is 0 Å². The van der Waals surface area contributed by atoms with E-state index in [1.165, 1.54) is 11.8 Å². The number of carbonyl (C=O) groups excluding carboxylic acids is 2. The van der Waals surface area contributed by atoms with E-state index in [1.807, 2.05) is 0 Å². The fourth-order valence-corrected chi connectivity index (χ4v) is 2.92. The van der Waals surface area contributed by atoms with Gasteiger partial charge in [-0.15, -0.1) is 0 Å². The van der Waals surface area contributed by atoms with Gasteiger partial charge in [0.1, 0.15) is 0 Å². The lowest BCUT2D eigenvalue weighted by Crippen LogP contribution is -2.33. The molecule has 0 aliphatic heterocycles. The van der Waals surface area contributed by atoms with Gasteiger partial charge >= 0.3 is 0 Å². The van der Waals surface area contributed by atoms with Crippen molar-refractivity contribution in [3.05, 3.63) is 0 Å². The van der Waals surface area contributed by atoms with Crippen LogP contribution in [0.15, 0.2) is 0 Å². The summed E-state index contributed by atoms with van der Waals surface area (Å²) >= 11 is 1.44. The predicted octanol–water partition coefficient (Wildman–Crippen LogP) is -0.215. The number of nitrogens with one attached hydrogen (secondary N) is 2. The normalized spacial score (nSPS) is 12.1. The predicted molar refractivity (Wildman–Crippen MR) is 102 cm³/mol. The number of amides is 2. The van der Waals surface area contributed by atoms with Crippen LogP contribution < -0.4 is 27.8 Å². The van der Waals surface area contributed by atoms with E-state index in [0.29, 0.717) is 31.1 Å². The van der Waals surface area contributed by atoms with Crippen LogP contribution in [0.5, 0.6) is 0 Å². The number of unbranched alkanes of at least 4 members (excludes halogenated alkanes) is 1. The maximum Gasteiger partial charge on any atom is 0.227 e. The van der Waals surface area contributed by atoms with E-state index in [0.717, 1.165) is 51.6 Å². The van der Waals surface area contributed by atoms with Gasteiger partial charge < -0.3 is 27.8 Å². The van der Waals surface area contributed by atoms with Gasteiger partial charge in [0.2, 0.25) is 11.8 Å². The number of hydrogen-bond acceptors (Lipinski definition) is 6. The molecule has 0 saturated heterocycles. The Morgan fingerprint density at radius 3 is 2.25 bits per heavy atom. The molecule has 0 heterocycles. The van der Waals surface area contributed by atoms with Crippen LogP contribution in [0.1, 0.15) is 38.5 Å². The number of primary amides is 1. The lowest BCUT2D eigenvalue weighted by Gasteiger charge is -2.17. The maximum absolute atomic E-state index is 12.3. The number of thioether (sulfide) groups is 1. The molecule has 8 heteroatoms. The zero-order valence-corrected chi connectivity index (χ0v) is 15.5. The summed E-state index contributed by atoms with van der Waals surface area (Å²) in [6, 6.07) is 0. The Hall–Kier alpha value is -0.830. The van der Waals surface area contributed by atoms with Crippen molar-refractivity contribution in [2.75, 3.05) is 44.2 Å². The number of carbonyl (C=O) groups is 2. The Morgan fingerprint density at radius 2 is 1.58 bits per heavy atom. The van der Waals surface area contributed by atoms with Gasteiger partial charge in [0.05, 0.1) is 5.75 Å². The molecule has 8 N–H and O–H groups in total. The molecule has 0 radical (unpaired) electrons. The van der Waals surface area contributed by atoms with Gasteiger partial charge in [0.25, 0.3) is 0 Å². The molecule has 0 spiro atoms. The molecule has 0 rings (SSSR count). The Bertz CT molecular complexity index is 332. The molecule has 0 aromatic heterocycles. The van der Waals surface area contributed by atoms with Gasteiger partial charge in [0, 0.05) is 18.2 Å². The molecule has 0 aliphatic rings. The van der Waals surface area contributed by atoms with Gasteiger partial charge in [-0.1, -0.05) is 6.42 Å². The summed E-state index contributed by atoms with van der Waals surface area (Å²) < 4.78 is 0. The zero-order valence-electron chi connectivity index (χ0n) is 14.7. The number of hydrogen-bond donors (Lipinski definition) is 5. The van der Waals surface area contributed by atoms with E-state index in [-0.39, 0.29) is 17.7 Å². The van der Waals surface area contributed by atoms with Crippen LogP contribution >= 0.6 is 11.8 Å². The third-order valence-electron chi connectivity index (χ3n) is 3.63. The van der Waals surface area contributed by atoms with Gasteiger partial charge in [-0.05, 0) is 58.3 Å². The lowest BCUT2D eigenvalue weighted by atomic mass is 9.95. The van der Waals surface area contributed by atoms with Gasteiger partial charge in [-0.3, -0.25) is 9.59 Å². The average molecular weight is 362 g/mol. The summed E-state index contributed by atoms with van der Waals surface area (Å²) in [4.78, 5) is 23.0. The second-order valence-electron chi connectivity index (χ2n) is 5.83. The summed E-state index contributed by atoms with van der Waals surface area (Å²) in [5.41, 5.74) is 16.1. The Kier molecular flexibility index (Phi) is 16.4. The molecule has 0 aliphatic carbocycles. The highest BCUT2D eigenvalue weighted by Gasteiger charge is 2.17. The highest BCUT2D eigenvalue weighted by atomic mass is 32.2. The van der Waals surface area contributed by atoms with Crippen molar-refractivity contribution in [2.24, 2.45) is 23.1 Å². The standard InChI is InChI=1S/C16H35N5O2S/c17-7-2-1-5-14(6-3-9-20-10-4-8-18)16(23)21-11-12-24-13-15(19)22/h14,20H,1-13,17-18H2,(H2,19,22)(H,21,23). The van der Waals surface area contributed by atoms with E-state index >= 15 is 0 Å². The first-order valence-electron chi connectivity index (χ1n) is 8.86. The summed E-state index contributed by atoms with van der Waals surface area (Å²) in [6.07, 6.45) is 5.63. The van der Waals surface area contributed by atoms with Crippen LogP contribution in [0.4, 0.5) is 0 Å². The van der Waals surface area contributed by atoms with Crippen molar-refractivity contribution >= 4 is 23.6 Å². The summed E-state index contributed by atoms with van der Waals surface area (Å²) in [6.45, 7) is 3.77. The highest BCUT2D eigenvalue weighted by Crippen LogP contribution is 2.15. The second-order valence-corrected chi connectivity index (χ2v) is 6.93. The molecule has 0 saturated carbocycles. The fraction of sp³-hybridized carbons (Fsp3) is 0.875. The quantitative estimate of drug-likeness (QED) is 0.227. The van der Waals surface area contributed by atoms with Crippen LogP contribution in [0, 0.1) is 5.92 Å². The van der Waals surface area contributed by atoms with Gasteiger partial charge in [0.15, 0.2) is 0 Å². The van der Waals surface area contributed by atoms with Crippen LogP contribution in [0.3, 0.4) is 0 Å². The zero-order chi connectivity index (χ0) is 18.0. The largest absolute Gasteiger partial charge is 0.369 e. The summed E-state index contributed by atoms with van der Waals surface area (Å²) in [7, 11) is 0. The van der Waals surface area contributed by atoms with Crippen LogP contribution in [-0.4, -0.2) is 56.0 Å². The molecule has 1 atom stereocenters. The molecular weight excluding hydrogens is 326 g/mol. The van der Waals surface area contributed by atoms with Crippen molar-refractivity contribution < 1.29 is 9.59 Å². The van der Waals surface area contributed by atoms with E-state index in [4.69, 9.17) is 17.2 Å². The van der Waals surface area contributed by atoms with Crippen molar-refractivity contribution in [1.29, 1.82) is 0 Å². The Labute approximate surface area is 150 Å². The maximum atomic E-state index is 12.3. The topological polar surface area (TPSA) is 136 Å². The van der Waals surface area contributed by atoms with Crippen molar-refractivity contribution in [2.45, 2.75) is 38.5 Å². The van der Waals surface area contributed by atoms with Crippen molar-refractivity contribution in [3.63, 3.8) is 0 Å². The lowest BCUT2D eigenvalue weighted by molar-refractivity contribution is -0.125. The first kappa shape index (κ1) is 23.2. The molecule has 24 heavy (non-hydrogen) atoms. The number of rotatable bonds is 17. The van der Waals surface area contributed by atoms with Crippen LogP contribution in [0.2, 0.25) is 0 Å². The first-order valence-corrected chi connectivity index (χ1v) is 10.0. The summed E-state index contributed by atoms with van der Waals surface area (Å²) in [5.74, 6) is 0.811. The minimum atomic E-state index is -0.326. The molecule has 7 nitrogen and oxygen atoms in total. The Balaban J connectivity index is 3.98. The molecule has 0 fully saturated rings. The molecule has 0 bridgehead atoms. The monoisotopic (exact) mass is 361 g/mol. The summed E-state index contributed by atoms with van der Waals surface area (Å²) in [5, 5.41) is 6.30. The molecule has 2 amide bonds. The molecule has 0 aromatic carbocycles. The van der Waals surface area contributed by atoms with Crippen LogP contribution in [-0.2, 0) is 9.59 Å². The third kappa shape index (κ3) is 14.7. The molecular formula is C16H35N5O2S. The minimum absolute atomic E-state index is 0.0361. The molecule has 142 valence electrons. The highest BCUT2D eigenvalue weighted by molar-refractivity contribution is 7.99. The SMILES string of the molecule is NCCCCC(CCCNCCCN)C(=O)NCCSCC(N)=O. The molecule has 1 unspecified atom stereocenters.